The average molecular weight is 421 g/mol. The fraction of sp³-hybridized carbons (Fsp3) is 0.300. The van der Waals surface area contributed by atoms with Crippen LogP contribution in [0.5, 0.6) is 11.5 Å². The van der Waals surface area contributed by atoms with Crippen molar-refractivity contribution in [3.8, 4) is 11.5 Å². The molecule has 0 aliphatic rings. The Morgan fingerprint density at radius 1 is 1.04 bits per heavy atom. The molecule has 2 rings (SSSR count). The third-order valence-electron chi connectivity index (χ3n) is 3.31. The van der Waals surface area contributed by atoms with Crippen molar-refractivity contribution in [2.45, 2.75) is 20.8 Å². The van der Waals surface area contributed by atoms with Crippen molar-refractivity contribution < 1.29 is 23.8 Å². The average Bonchev–Trinajstić information content (AvgIpc) is 2.62. The highest BCUT2D eigenvalue weighted by molar-refractivity contribution is 9.10. The molecule has 0 amide bonds. The Hall–Kier alpha value is -2.34. The first-order chi connectivity index (χ1) is 12.4. The molecule has 0 atom stereocenters. The third kappa shape index (κ3) is 5.59. The maximum atomic E-state index is 12.4. The van der Waals surface area contributed by atoms with E-state index in [4.69, 9.17) is 14.2 Å². The second kappa shape index (κ2) is 9.38. The van der Waals surface area contributed by atoms with Crippen molar-refractivity contribution in [2.24, 2.45) is 5.92 Å². The Morgan fingerprint density at radius 3 is 2.35 bits per heavy atom. The Balaban J connectivity index is 2.08. The Morgan fingerprint density at radius 2 is 1.73 bits per heavy atom. The molecule has 0 aromatic heterocycles. The van der Waals surface area contributed by atoms with Crippen LogP contribution in [-0.4, -0.2) is 25.2 Å². The Bertz CT molecular complexity index is 768. The second-order valence-electron chi connectivity index (χ2n) is 5.98. The van der Waals surface area contributed by atoms with Crippen molar-refractivity contribution in [2.75, 3.05) is 13.2 Å². The maximum absolute atomic E-state index is 12.4. The molecule has 0 saturated heterocycles. The van der Waals surface area contributed by atoms with E-state index < -0.39 is 11.9 Å². The van der Waals surface area contributed by atoms with Crippen molar-refractivity contribution in [3.63, 3.8) is 0 Å². The van der Waals surface area contributed by atoms with Crippen LogP contribution in [0.15, 0.2) is 46.9 Å². The molecule has 0 unspecified atom stereocenters. The van der Waals surface area contributed by atoms with Crippen molar-refractivity contribution in [1.82, 2.24) is 0 Å². The summed E-state index contributed by atoms with van der Waals surface area (Å²) < 4.78 is 16.8. The first-order valence-corrected chi connectivity index (χ1v) is 9.11. The quantitative estimate of drug-likeness (QED) is 0.471. The molecule has 0 bridgehead atoms. The van der Waals surface area contributed by atoms with Crippen LogP contribution < -0.4 is 9.47 Å². The highest BCUT2D eigenvalue weighted by Crippen LogP contribution is 2.25. The molecule has 0 heterocycles. The zero-order valence-electron chi connectivity index (χ0n) is 15.0. The van der Waals surface area contributed by atoms with Crippen LogP contribution in [-0.2, 0) is 4.74 Å². The molecule has 0 radical (unpaired) electrons. The van der Waals surface area contributed by atoms with Gasteiger partial charge in [-0.25, -0.2) is 9.59 Å². The number of benzene rings is 2. The molecule has 0 spiro atoms. The monoisotopic (exact) mass is 420 g/mol. The molecule has 0 aliphatic heterocycles. The lowest BCUT2D eigenvalue weighted by Crippen LogP contribution is -2.12. The molecular formula is C20H21BrO5. The predicted octanol–water partition coefficient (Wildman–Crippen LogP) is 4.88. The van der Waals surface area contributed by atoms with E-state index in [1.165, 1.54) is 0 Å². The molecular weight excluding hydrogens is 400 g/mol. The SMILES string of the molecule is CCOc1ccc(Br)cc1C(=O)Oc1ccc(C(=O)OCC(C)C)cc1. The van der Waals surface area contributed by atoms with Crippen LogP contribution in [0.3, 0.4) is 0 Å². The molecule has 0 aliphatic carbocycles. The zero-order valence-corrected chi connectivity index (χ0v) is 16.5. The summed E-state index contributed by atoms with van der Waals surface area (Å²) in [6.07, 6.45) is 0. The summed E-state index contributed by atoms with van der Waals surface area (Å²) in [7, 11) is 0. The number of rotatable bonds is 7. The summed E-state index contributed by atoms with van der Waals surface area (Å²) in [5.74, 6) is 0.114. The minimum atomic E-state index is -0.537. The minimum Gasteiger partial charge on any atom is -0.493 e. The number of esters is 2. The van der Waals surface area contributed by atoms with E-state index in [-0.39, 0.29) is 5.92 Å². The van der Waals surface area contributed by atoms with Crippen molar-refractivity contribution in [1.29, 1.82) is 0 Å². The number of halogens is 1. The molecule has 2 aromatic carbocycles. The van der Waals surface area contributed by atoms with Gasteiger partial charge in [0.15, 0.2) is 0 Å². The summed E-state index contributed by atoms with van der Waals surface area (Å²) in [6, 6.07) is 11.4. The van der Waals surface area contributed by atoms with E-state index in [2.05, 4.69) is 15.9 Å². The van der Waals surface area contributed by atoms with Gasteiger partial charge >= 0.3 is 11.9 Å². The smallest absolute Gasteiger partial charge is 0.347 e. The van der Waals surface area contributed by atoms with Gasteiger partial charge in [0, 0.05) is 4.47 Å². The highest BCUT2D eigenvalue weighted by Gasteiger charge is 2.16. The van der Waals surface area contributed by atoms with E-state index in [1.54, 1.807) is 42.5 Å². The summed E-state index contributed by atoms with van der Waals surface area (Å²) in [4.78, 5) is 24.3. The Labute approximate surface area is 161 Å². The first kappa shape index (κ1) is 20.0. The van der Waals surface area contributed by atoms with Gasteiger partial charge in [-0.3, -0.25) is 0 Å². The lowest BCUT2D eigenvalue weighted by atomic mass is 10.2. The summed E-state index contributed by atoms with van der Waals surface area (Å²) in [5.41, 5.74) is 0.726. The zero-order chi connectivity index (χ0) is 19.1. The standard InChI is InChI=1S/C20H21BrO5/c1-4-24-18-10-7-15(21)11-17(18)20(23)26-16-8-5-14(6-9-16)19(22)25-12-13(2)3/h5-11,13H,4,12H2,1-3H3. The van der Waals surface area contributed by atoms with E-state index in [1.807, 2.05) is 20.8 Å². The lowest BCUT2D eigenvalue weighted by molar-refractivity contribution is 0.0459. The van der Waals surface area contributed by atoms with Gasteiger partial charge < -0.3 is 14.2 Å². The van der Waals surface area contributed by atoms with E-state index in [0.717, 1.165) is 4.47 Å². The lowest BCUT2D eigenvalue weighted by Gasteiger charge is -2.11. The minimum absolute atomic E-state index is 0.268. The van der Waals surface area contributed by atoms with E-state index in [0.29, 0.717) is 35.8 Å². The summed E-state index contributed by atoms with van der Waals surface area (Å²) in [5, 5.41) is 0. The van der Waals surface area contributed by atoms with Crippen molar-refractivity contribution >= 4 is 27.9 Å². The van der Waals surface area contributed by atoms with Crippen molar-refractivity contribution in [3.05, 3.63) is 58.1 Å². The largest absolute Gasteiger partial charge is 0.493 e. The maximum Gasteiger partial charge on any atom is 0.347 e. The number of hydrogen-bond donors (Lipinski definition) is 0. The second-order valence-corrected chi connectivity index (χ2v) is 6.90. The molecule has 138 valence electrons. The molecule has 6 heteroatoms. The molecule has 2 aromatic rings. The summed E-state index contributed by atoms with van der Waals surface area (Å²) in [6.45, 7) is 6.57. The van der Waals surface area contributed by atoms with Gasteiger partial charge in [0.2, 0.25) is 0 Å². The highest BCUT2D eigenvalue weighted by atomic mass is 79.9. The van der Waals surface area contributed by atoms with Gasteiger partial charge in [0.1, 0.15) is 17.1 Å². The third-order valence-corrected chi connectivity index (χ3v) is 3.80. The van der Waals surface area contributed by atoms with Gasteiger partial charge in [-0.15, -0.1) is 0 Å². The molecule has 26 heavy (non-hydrogen) atoms. The van der Waals surface area contributed by atoms with E-state index in [9.17, 15) is 9.59 Å². The Kier molecular flexibility index (Phi) is 7.21. The molecule has 5 nitrogen and oxygen atoms in total. The van der Waals surface area contributed by atoms with Gasteiger partial charge in [-0.1, -0.05) is 29.8 Å². The normalized spacial score (nSPS) is 10.5. The first-order valence-electron chi connectivity index (χ1n) is 8.32. The van der Waals surface area contributed by atoms with Crippen LogP contribution >= 0.6 is 15.9 Å². The van der Waals surface area contributed by atoms with Crippen LogP contribution in [0.4, 0.5) is 0 Å². The fourth-order valence-corrected chi connectivity index (χ4v) is 2.45. The van der Waals surface area contributed by atoms with Crippen LogP contribution in [0.25, 0.3) is 0 Å². The summed E-state index contributed by atoms with van der Waals surface area (Å²) >= 11 is 3.34. The van der Waals surface area contributed by atoms with Gasteiger partial charge in [-0.05, 0) is 55.3 Å². The molecule has 0 fully saturated rings. The fourth-order valence-electron chi connectivity index (χ4n) is 2.09. The van der Waals surface area contributed by atoms with E-state index >= 15 is 0 Å². The number of hydrogen-bond acceptors (Lipinski definition) is 5. The van der Waals surface area contributed by atoms with Crippen LogP contribution in [0.1, 0.15) is 41.5 Å². The van der Waals surface area contributed by atoms with Crippen LogP contribution in [0, 0.1) is 5.92 Å². The topological polar surface area (TPSA) is 61.8 Å². The molecule has 0 N–H and O–H groups in total. The number of carbonyl (C=O) groups excluding carboxylic acids is 2. The van der Waals surface area contributed by atoms with Gasteiger partial charge in [0.05, 0.1) is 18.8 Å². The van der Waals surface area contributed by atoms with Gasteiger partial charge in [0.25, 0.3) is 0 Å². The predicted molar refractivity (Wildman–Crippen MR) is 102 cm³/mol. The van der Waals surface area contributed by atoms with Gasteiger partial charge in [-0.2, -0.15) is 0 Å². The number of carbonyl (C=O) groups is 2. The molecule has 0 saturated carbocycles. The number of ether oxygens (including phenoxy) is 3. The van der Waals surface area contributed by atoms with Crippen LogP contribution in [0.2, 0.25) is 0 Å².